The molecule has 98 valence electrons. The van der Waals surface area contributed by atoms with Crippen LogP contribution in [0.25, 0.3) is 0 Å². The lowest BCUT2D eigenvalue weighted by Gasteiger charge is -2.23. The van der Waals surface area contributed by atoms with E-state index in [1.807, 2.05) is 24.5 Å². The number of likely N-dealkylation sites (N-methyl/N-ethyl adjacent to an activating group) is 1. The van der Waals surface area contributed by atoms with Crippen LogP contribution in [0.2, 0.25) is 0 Å². The largest absolute Gasteiger partial charge is 0.347 e. The molecular formula is C14H20N2O2. The zero-order valence-electron chi connectivity index (χ0n) is 11.5. The van der Waals surface area contributed by atoms with Gasteiger partial charge in [-0.3, -0.25) is 9.59 Å². The number of hydrogen-bond donors (Lipinski definition) is 0. The first kappa shape index (κ1) is 12.9. The van der Waals surface area contributed by atoms with Crippen LogP contribution in [-0.4, -0.2) is 35.3 Å². The van der Waals surface area contributed by atoms with Crippen LogP contribution in [-0.2, 0) is 11.2 Å². The minimum Gasteiger partial charge on any atom is -0.347 e. The normalized spacial score (nSPS) is 16.3. The monoisotopic (exact) mass is 248 g/mol. The summed E-state index contributed by atoms with van der Waals surface area (Å²) >= 11 is 0. The summed E-state index contributed by atoms with van der Waals surface area (Å²) in [5.74, 6) is 0.275. The first-order chi connectivity index (χ1) is 8.43. The topological polar surface area (TPSA) is 42.3 Å². The van der Waals surface area contributed by atoms with E-state index in [-0.39, 0.29) is 17.7 Å². The molecule has 1 aromatic heterocycles. The fourth-order valence-electron chi connectivity index (χ4n) is 2.78. The number of hydrogen-bond acceptors (Lipinski definition) is 2. The van der Waals surface area contributed by atoms with Gasteiger partial charge in [-0.1, -0.05) is 0 Å². The van der Waals surface area contributed by atoms with Crippen molar-refractivity contribution >= 4 is 11.7 Å². The standard InChI is InChI=1S/C14H20N2O2/c1-9-8-11-12(6-5-7-13(11)17)16(9)10(2)14(18)15(3)4/h8,10H,5-7H2,1-4H3. The number of carbonyl (C=O) groups excluding carboxylic acids is 2. The van der Waals surface area contributed by atoms with Crippen LogP contribution in [0.3, 0.4) is 0 Å². The molecule has 0 saturated heterocycles. The minimum atomic E-state index is -0.241. The maximum absolute atomic E-state index is 12.1. The molecule has 1 aliphatic carbocycles. The Hall–Kier alpha value is -1.58. The van der Waals surface area contributed by atoms with Gasteiger partial charge in [0.05, 0.1) is 0 Å². The zero-order valence-corrected chi connectivity index (χ0v) is 11.5. The number of nitrogens with zero attached hydrogens (tertiary/aromatic N) is 2. The van der Waals surface area contributed by atoms with Gasteiger partial charge in [0.15, 0.2) is 5.78 Å². The summed E-state index contributed by atoms with van der Waals surface area (Å²) in [4.78, 5) is 25.5. The predicted molar refractivity (Wildman–Crippen MR) is 69.8 cm³/mol. The van der Waals surface area contributed by atoms with Crippen LogP contribution < -0.4 is 0 Å². The van der Waals surface area contributed by atoms with Crippen molar-refractivity contribution < 1.29 is 9.59 Å². The van der Waals surface area contributed by atoms with Gasteiger partial charge in [-0.2, -0.15) is 0 Å². The Morgan fingerprint density at radius 3 is 2.67 bits per heavy atom. The highest BCUT2D eigenvalue weighted by atomic mass is 16.2. The maximum atomic E-state index is 12.1. The number of aryl methyl sites for hydroxylation is 1. The number of ketones is 1. The average Bonchev–Trinajstić information content (AvgIpc) is 2.65. The van der Waals surface area contributed by atoms with Gasteiger partial charge in [-0.05, 0) is 32.8 Å². The lowest BCUT2D eigenvalue weighted by molar-refractivity contribution is -0.131. The molecule has 0 spiro atoms. The summed E-state index contributed by atoms with van der Waals surface area (Å²) < 4.78 is 2.02. The molecule has 0 N–H and O–H groups in total. The summed E-state index contributed by atoms with van der Waals surface area (Å²) in [6.07, 6.45) is 2.41. The smallest absolute Gasteiger partial charge is 0.244 e. The van der Waals surface area contributed by atoms with Gasteiger partial charge in [0.2, 0.25) is 5.91 Å². The predicted octanol–water partition coefficient (Wildman–Crippen LogP) is 1.96. The van der Waals surface area contributed by atoms with Crippen molar-refractivity contribution in [1.29, 1.82) is 0 Å². The second-order valence-corrected chi connectivity index (χ2v) is 5.20. The van der Waals surface area contributed by atoms with Crippen LogP contribution in [0, 0.1) is 6.92 Å². The van der Waals surface area contributed by atoms with Gasteiger partial charge >= 0.3 is 0 Å². The van der Waals surface area contributed by atoms with Gasteiger partial charge in [0.1, 0.15) is 6.04 Å². The first-order valence-electron chi connectivity index (χ1n) is 6.38. The van der Waals surface area contributed by atoms with Crippen LogP contribution in [0.15, 0.2) is 6.07 Å². The van der Waals surface area contributed by atoms with E-state index in [0.29, 0.717) is 6.42 Å². The fraction of sp³-hybridized carbons (Fsp3) is 0.571. The highest BCUT2D eigenvalue weighted by molar-refractivity contribution is 5.98. The van der Waals surface area contributed by atoms with Crippen LogP contribution in [0.4, 0.5) is 0 Å². The lowest BCUT2D eigenvalue weighted by Crippen LogP contribution is -2.31. The van der Waals surface area contributed by atoms with Crippen molar-refractivity contribution in [2.75, 3.05) is 14.1 Å². The molecule has 18 heavy (non-hydrogen) atoms. The molecule has 1 atom stereocenters. The van der Waals surface area contributed by atoms with Crippen molar-refractivity contribution in [3.63, 3.8) is 0 Å². The van der Waals surface area contributed by atoms with E-state index < -0.39 is 0 Å². The molecule has 0 bridgehead atoms. The highest BCUT2D eigenvalue weighted by Crippen LogP contribution is 2.28. The van der Waals surface area contributed by atoms with Gasteiger partial charge in [-0.15, -0.1) is 0 Å². The van der Waals surface area contributed by atoms with E-state index >= 15 is 0 Å². The molecule has 4 heteroatoms. The molecule has 2 rings (SSSR count). The third kappa shape index (κ3) is 1.96. The Labute approximate surface area is 108 Å². The number of rotatable bonds is 2. The van der Waals surface area contributed by atoms with Crippen LogP contribution in [0.1, 0.15) is 47.6 Å². The van der Waals surface area contributed by atoms with Crippen molar-refractivity contribution in [1.82, 2.24) is 9.47 Å². The van der Waals surface area contributed by atoms with E-state index in [4.69, 9.17) is 0 Å². The Morgan fingerprint density at radius 2 is 2.06 bits per heavy atom. The third-order valence-corrected chi connectivity index (χ3v) is 3.64. The van der Waals surface area contributed by atoms with Crippen LogP contribution >= 0.6 is 0 Å². The Kier molecular flexibility index (Phi) is 3.28. The Balaban J connectivity index is 2.45. The molecule has 4 nitrogen and oxygen atoms in total. The second-order valence-electron chi connectivity index (χ2n) is 5.20. The molecule has 0 aromatic carbocycles. The zero-order chi connectivity index (χ0) is 13.4. The van der Waals surface area contributed by atoms with Gasteiger partial charge in [0.25, 0.3) is 0 Å². The molecule has 1 aromatic rings. The number of amides is 1. The maximum Gasteiger partial charge on any atom is 0.244 e. The number of carbonyl (C=O) groups is 2. The van der Waals surface area contributed by atoms with E-state index in [0.717, 1.165) is 29.8 Å². The Morgan fingerprint density at radius 1 is 1.39 bits per heavy atom. The summed E-state index contributed by atoms with van der Waals surface area (Å²) in [6, 6.07) is 1.69. The fourth-order valence-corrected chi connectivity index (χ4v) is 2.78. The molecule has 0 aliphatic heterocycles. The van der Waals surface area contributed by atoms with E-state index in [9.17, 15) is 9.59 Å². The quantitative estimate of drug-likeness (QED) is 0.803. The second kappa shape index (κ2) is 4.59. The lowest BCUT2D eigenvalue weighted by atomic mass is 9.96. The molecule has 0 saturated carbocycles. The molecular weight excluding hydrogens is 228 g/mol. The van der Waals surface area contributed by atoms with Gasteiger partial charge in [-0.25, -0.2) is 0 Å². The van der Waals surface area contributed by atoms with Crippen molar-refractivity contribution in [3.8, 4) is 0 Å². The van der Waals surface area contributed by atoms with E-state index in [1.54, 1.807) is 19.0 Å². The molecule has 1 unspecified atom stereocenters. The molecule has 1 amide bonds. The van der Waals surface area contributed by atoms with Crippen molar-refractivity contribution in [2.45, 2.75) is 39.2 Å². The first-order valence-corrected chi connectivity index (χ1v) is 6.38. The van der Waals surface area contributed by atoms with Gasteiger partial charge in [0, 0.05) is 37.5 Å². The minimum absolute atomic E-state index is 0.0644. The Bertz CT molecular complexity index is 500. The number of fused-ring (bicyclic) bond motifs is 1. The summed E-state index contributed by atoms with van der Waals surface area (Å²) in [7, 11) is 3.52. The molecule has 0 radical (unpaired) electrons. The molecule has 0 fully saturated rings. The van der Waals surface area contributed by atoms with Crippen molar-refractivity contribution in [2.24, 2.45) is 0 Å². The van der Waals surface area contributed by atoms with E-state index in [1.165, 1.54) is 0 Å². The third-order valence-electron chi connectivity index (χ3n) is 3.64. The highest BCUT2D eigenvalue weighted by Gasteiger charge is 2.27. The van der Waals surface area contributed by atoms with Crippen LogP contribution in [0.5, 0.6) is 0 Å². The summed E-state index contributed by atoms with van der Waals surface area (Å²) in [5.41, 5.74) is 2.85. The summed E-state index contributed by atoms with van der Waals surface area (Å²) in [6.45, 7) is 3.86. The molecule has 1 aliphatic rings. The number of Topliss-reactive ketones (excluding diaryl/α,β-unsaturated/α-hetero) is 1. The van der Waals surface area contributed by atoms with Gasteiger partial charge < -0.3 is 9.47 Å². The summed E-state index contributed by atoms with van der Waals surface area (Å²) in [5, 5.41) is 0. The number of aromatic nitrogens is 1. The van der Waals surface area contributed by atoms with E-state index in [2.05, 4.69) is 0 Å². The molecule has 1 heterocycles. The average molecular weight is 248 g/mol. The SMILES string of the molecule is Cc1cc2c(n1C(C)C(=O)N(C)C)CCCC2=O. The van der Waals surface area contributed by atoms with Crippen molar-refractivity contribution in [3.05, 3.63) is 23.0 Å².